The molecule has 0 radical (unpaired) electrons. The number of guanidine groups is 1. The molecule has 0 fully saturated rings. The van der Waals surface area contributed by atoms with Crippen LogP contribution in [0.3, 0.4) is 0 Å². The van der Waals surface area contributed by atoms with Gasteiger partial charge < -0.3 is 16.6 Å². The minimum absolute atomic E-state index is 0.235. The number of amidine groups is 1. The van der Waals surface area contributed by atoms with E-state index in [-0.39, 0.29) is 22.8 Å². The van der Waals surface area contributed by atoms with E-state index in [4.69, 9.17) is 16.9 Å². The SMILES string of the molecule is CC.CC(N)=NC(=N)N.O=C1CSC([O-])=N1. The molecule has 0 aliphatic carbocycles. The number of thioether (sulfide) groups is 1. The van der Waals surface area contributed by atoms with Crippen molar-refractivity contribution in [3.8, 4) is 0 Å². The van der Waals surface area contributed by atoms with Crippen molar-refractivity contribution in [1.82, 2.24) is 0 Å². The Balaban J connectivity index is 0. The van der Waals surface area contributed by atoms with Gasteiger partial charge in [0, 0.05) is 5.23 Å². The van der Waals surface area contributed by atoms with Gasteiger partial charge in [-0.3, -0.25) is 10.2 Å². The first kappa shape index (κ1) is 16.8. The molecule has 1 rings (SSSR count). The summed E-state index contributed by atoms with van der Waals surface area (Å²) in [7, 11) is 0. The monoisotopic (exact) mass is 246 g/mol. The third-order valence-electron chi connectivity index (χ3n) is 0.832. The number of hydrogen-bond acceptors (Lipinski definition) is 4. The van der Waals surface area contributed by atoms with Gasteiger partial charge in [0.1, 0.15) is 0 Å². The van der Waals surface area contributed by atoms with E-state index in [1.54, 1.807) is 6.92 Å². The number of nitrogens with two attached hydrogens (primary N) is 2. The zero-order valence-corrected chi connectivity index (χ0v) is 10.3. The fourth-order valence-corrected chi connectivity index (χ4v) is 0.958. The molecule has 92 valence electrons. The van der Waals surface area contributed by atoms with Crippen LogP contribution in [0.2, 0.25) is 0 Å². The Hall–Kier alpha value is -1.57. The molecule has 0 spiro atoms. The van der Waals surface area contributed by atoms with Crippen molar-refractivity contribution in [3.05, 3.63) is 0 Å². The minimum Gasteiger partial charge on any atom is -0.854 e. The molecule has 0 saturated carbocycles. The van der Waals surface area contributed by atoms with Gasteiger partial charge in [-0.2, -0.15) is 0 Å². The zero-order chi connectivity index (χ0) is 13.1. The molecule has 1 aliphatic heterocycles. The Labute approximate surface area is 98.5 Å². The highest BCUT2D eigenvalue weighted by Gasteiger charge is 2.04. The van der Waals surface area contributed by atoms with Crippen LogP contribution in [0.15, 0.2) is 9.98 Å². The second-order valence-electron chi connectivity index (χ2n) is 2.20. The normalized spacial score (nSPS) is 14.1. The lowest BCUT2D eigenvalue weighted by Crippen LogP contribution is -2.13. The number of hydrogen-bond donors (Lipinski definition) is 3. The van der Waals surface area contributed by atoms with Crippen molar-refractivity contribution < 1.29 is 9.90 Å². The summed E-state index contributed by atoms with van der Waals surface area (Å²) < 4.78 is 0. The van der Waals surface area contributed by atoms with Crippen molar-refractivity contribution in [2.75, 3.05) is 5.75 Å². The Kier molecular flexibility index (Phi) is 10.5. The van der Waals surface area contributed by atoms with Gasteiger partial charge in [-0.1, -0.05) is 13.8 Å². The van der Waals surface area contributed by atoms with Gasteiger partial charge in [0.15, 0.2) is 0 Å². The molecule has 8 heteroatoms. The van der Waals surface area contributed by atoms with Crippen LogP contribution < -0.4 is 16.6 Å². The average Bonchev–Trinajstić information content (AvgIpc) is 2.52. The maximum Gasteiger partial charge on any atom is 0.255 e. The van der Waals surface area contributed by atoms with Crippen LogP contribution in [0.5, 0.6) is 0 Å². The fourth-order valence-electron chi connectivity index (χ4n) is 0.480. The lowest BCUT2D eigenvalue weighted by Gasteiger charge is -1.94. The minimum atomic E-state index is -0.356. The topological polar surface area (TPSA) is 141 Å². The fraction of sp³-hybridized carbons (Fsp3) is 0.500. The number of amides is 1. The smallest absolute Gasteiger partial charge is 0.255 e. The summed E-state index contributed by atoms with van der Waals surface area (Å²) >= 11 is 0.950. The first-order valence-electron chi connectivity index (χ1n) is 4.48. The lowest BCUT2D eigenvalue weighted by molar-refractivity contribution is -0.205. The van der Waals surface area contributed by atoms with E-state index in [9.17, 15) is 9.90 Å². The van der Waals surface area contributed by atoms with Crippen LogP contribution in [0.25, 0.3) is 0 Å². The molecule has 0 unspecified atom stereocenters. The Bertz CT molecular complexity index is 297. The van der Waals surface area contributed by atoms with Crippen molar-refractivity contribution in [2.24, 2.45) is 21.5 Å². The molecule has 5 N–H and O–H groups in total. The molecule has 1 heterocycles. The third-order valence-corrected chi connectivity index (χ3v) is 1.56. The zero-order valence-electron chi connectivity index (χ0n) is 9.48. The summed E-state index contributed by atoms with van der Waals surface area (Å²) in [4.78, 5) is 16.5. The van der Waals surface area contributed by atoms with E-state index < -0.39 is 0 Å². The van der Waals surface area contributed by atoms with Crippen molar-refractivity contribution >= 4 is 34.7 Å². The summed E-state index contributed by atoms with van der Waals surface area (Å²) in [6.45, 7) is 5.57. The highest BCUT2D eigenvalue weighted by atomic mass is 32.2. The molecule has 0 aromatic rings. The summed E-state index contributed by atoms with van der Waals surface area (Å²) in [6.07, 6.45) is 0. The van der Waals surface area contributed by atoms with Gasteiger partial charge in [0.2, 0.25) is 5.96 Å². The van der Waals surface area contributed by atoms with Crippen LogP contribution in [0, 0.1) is 5.41 Å². The molecule has 16 heavy (non-hydrogen) atoms. The van der Waals surface area contributed by atoms with E-state index in [2.05, 4.69) is 9.98 Å². The lowest BCUT2D eigenvalue weighted by atomic mass is 10.7. The first-order chi connectivity index (χ1) is 7.41. The maximum absolute atomic E-state index is 10.0. The Morgan fingerprint density at radius 3 is 2.12 bits per heavy atom. The van der Waals surface area contributed by atoms with Crippen LogP contribution in [-0.2, 0) is 4.79 Å². The van der Waals surface area contributed by atoms with E-state index in [1.807, 2.05) is 13.8 Å². The molecule has 1 amide bonds. The first-order valence-corrected chi connectivity index (χ1v) is 5.46. The Morgan fingerprint density at radius 2 is 2.06 bits per heavy atom. The molecular weight excluding hydrogens is 230 g/mol. The van der Waals surface area contributed by atoms with E-state index in [0.29, 0.717) is 5.84 Å². The molecule has 0 saturated heterocycles. The van der Waals surface area contributed by atoms with Gasteiger partial charge >= 0.3 is 0 Å². The second-order valence-corrected chi connectivity index (χ2v) is 3.13. The summed E-state index contributed by atoms with van der Waals surface area (Å²) in [5.41, 5.74) is 9.83. The van der Waals surface area contributed by atoms with Crippen LogP contribution in [-0.4, -0.2) is 28.7 Å². The van der Waals surface area contributed by atoms with E-state index in [1.165, 1.54) is 0 Å². The number of rotatable bonds is 0. The van der Waals surface area contributed by atoms with Gasteiger partial charge in [-0.15, -0.1) is 11.8 Å². The van der Waals surface area contributed by atoms with Gasteiger partial charge in [-0.25, -0.2) is 9.98 Å². The van der Waals surface area contributed by atoms with Crippen LogP contribution >= 0.6 is 11.8 Å². The molecule has 0 bridgehead atoms. The third kappa shape index (κ3) is 12.4. The number of nitrogens with zero attached hydrogens (tertiary/aromatic N) is 2. The quantitative estimate of drug-likeness (QED) is 0.381. The summed E-state index contributed by atoms with van der Waals surface area (Å²) in [5.74, 6) is -0.0127. The second kappa shape index (κ2) is 9.97. The Morgan fingerprint density at radius 1 is 1.56 bits per heavy atom. The number of carbonyl (C=O) groups excluding carboxylic acids is 1. The predicted molar refractivity (Wildman–Crippen MR) is 65.5 cm³/mol. The van der Waals surface area contributed by atoms with Crippen molar-refractivity contribution in [1.29, 1.82) is 5.41 Å². The highest BCUT2D eigenvalue weighted by Crippen LogP contribution is 2.06. The summed E-state index contributed by atoms with van der Waals surface area (Å²) in [6, 6.07) is 0. The molecule has 7 nitrogen and oxygen atoms in total. The van der Waals surface area contributed by atoms with E-state index >= 15 is 0 Å². The number of nitrogens with one attached hydrogen (secondary N) is 1. The number of carbonyl (C=O) groups is 1. The maximum atomic E-state index is 10.0. The molecule has 0 aromatic heterocycles. The predicted octanol–water partition coefficient (Wildman–Crippen LogP) is -0.741. The average molecular weight is 246 g/mol. The number of aliphatic imine (C=N–C) groups is 2. The largest absolute Gasteiger partial charge is 0.854 e. The van der Waals surface area contributed by atoms with E-state index in [0.717, 1.165) is 11.8 Å². The highest BCUT2D eigenvalue weighted by molar-refractivity contribution is 8.14. The van der Waals surface area contributed by atoms with Crippen molar-refractivity contribution in [2.45, 2.75) is 20.8 Å². The van der Waals surface area contributed by atoms with Crippen molar-refractivity contribution in [3.63, 3.8) is 0 Å². The van der Waals surface area contributed by atoms with Gasteiger partial charge in [-0.05, 0) is 6.92 Å². The molecule has 1 aliphatic rings. The standard InChI is InChI=1S/C3H8N4.C3H3NO2S.C2H6/c1-2(4)7-3(5)6;5-2-1-7-3(6)4-2;1-2/h1H3,(H5,4,5,6,7);1H2,(H,4,5,6);1-2H3/p-1. The van der Waals surface area contributed by atoms with Gasteiger partial charge in [0.05, 0.1) is 11.6 Å². The summed E-state index contributed by atoms with van der Waals surface area (Å²) in [5, 5.41) is 16.2. The van der Waals surface area contributed by atoms with Crippen LogP contribution in [0.1, 0.15) is 20.8 Å². The van der Waals surface area contributed by atoms with Crippen LogP contribution in [0.4, 0.5) is 0 Å². The molecule has 0 aromatic carbocycles. The molecular formula is C8H16N5O2S-. The molecule has 0 atom stereocenters. The van der Waals surface area contributed by atoms with Gasteiger partial charge in [0.25, 0.3) is 5.91 Å².